The van der Waals surface area contributed by atoms with E-state index in [1.807, 2.05) is 19.9 Å². The molecular formula is C20H19ClN4O3. The van der Waals surface area contributed by atoms with Crippen LogP contribution >= 0.6 is 11.6 Å². The molecule has 8 heteroatoms. The lowest BCUT2D eigenvalue weighted by Gasteiger charge is -2.04. The van der Waals surface area contributed by atoms with Crippen LogP contribution in [0.4, 0.5) is 11.4 Å². The van der Waals surface area contributed by atoms with Crippen LogP contribution in [0, 0.1) is 37.8 Å². The van der Waals surface area contributed by atoms with Crippen molar-refractivity contribution in [2.45, 2.75) is 27.7 Å². The molecule has 0 aliphatic heterocycles. The minimum atomic E-state index is -0.477. The Hall–Kier alpha value is -3.19. The molecule has 2 aromatic carbocycles. The van der Waals surface area contributed by atoms with Crippen molar-refractivity contribution < 1.29 is 4.92 Å². The van der Waals surface area contributed by atoms with Crippen LogP contribution in [0.2, 0.25) is 5.02 Å². The molecule has 1 N–H and O–H groups in total. The fourth-order valence-electron chi connectivity index (χ4n) is 2.78. The van der Waals surface area contributed by atoms with Crippen molar-refractivity contribution in [1.82, 2.24) is 9.78 Å². The summed E-state index contributed by atoms with van der Waals surface area (Å²) >= 11 is 6.16. The molecule has 0 unspecified atom stereocenters. The molecule has 0 atom stereocenters. The highest BCUT2D eigenvalue weighted by Crippen LogP contribution is 2.30. The topological polar surface area (TPSA) is 93.3 Å². The van der Waals surface area contributed by atoms with Gasteiger partial charge in [0.2, 0.25) is 0 Å². The normalized spacial score (nSPS) is 11.3. The number of benzene rings is 2. The minimum Gasteiger partial charge on any atom is -0.295 e. The summed E-state index contributed by atoms with van der Waals surface area (Å²) in [6.45, 7) is 7.28. The van der Waals surface area contributed by atoms with Crippen LogP contribution < -0.4 is 5.56 Å². The smallest absolute Gasteiger partial charge is 0.295 e. The first-order valence-corrected chi connectivity index (χ1v) is 8.94. The highest BCUT2D eigenvalue weighted by atomic mass is 35.5. The second kappa shape index (κ2) is 7.44. The number of H-pyrrole nitrogens is 1. The number of aromatic amines is 1. The molecule has 0 bridgehead atoms. The van der Waals surface area contributed by atoms with Gasteiger partial charge in [-0.2, -0.15) is 0 Å². The molecule has 0 aliphatic carbocycles. The first kappa shape index (κ1) is 19.6. The van der Waals surface area contributed by atoms with Gasteiger partial charge in [-0.05, 0) is 62.6 Å². The van der Waals surface area contributed by atoms with E-state index in [-0.39, 0.29) is 16.9 Å². The predicted octanol–water partition coefficient (Wildman–Crippen LogP) is 4.71. The van der Waals surface area contributed by atoms with Gasteiger partial charge in [-0.15, -0.1) is 0 Å². The maximum Gasteiger partial charge on any atom is 0.295 e. The van der Waals surface area contributed by atoms with Crippen molar-refractivity contribution in [3.8, 4) is 5.69 Å². The number of hydrogen-bond acceptors (Lipinski definition) is 4. The zero-order valence-electron chi connectivity index (χ0n) is 15.9. The Morgan fingerprint density at radius 3 is 2.43 bits per heavy atom. The van der Waals surface area contributed by atoms with Gasteiger partial charge in [-0.1, -0.05) is 17.7 Å². The third kappa shape index (κ3) is 3.61. The Labute approximate surface area is 166 Å². The van der Waals surface area contributed by atoms with E-state index in [1.165, 1.54) is 17.0 Å². The minimum absolute atomic E-state index is 0.0989. The van der Waals surface area contributed by atoms with Crippen LogP contribution in [0.25, 0.3) is 5.69 Å². The summed E-state index contributed by atoms with van der Waals surface area (Å²) in [4.78, 5) is 27.9. The Balaban J connectivity index is 2.06. The molecule has 7 nitrogen and oxygen atoms in total. The molecule has 3 rings (SSSR count). The van der Waals surface area contributed by atoms with Gasteiger partial charge in [-0.25, -0.2) is 9.67 Å². The molecule has 0 amide bonds. The Morgan fingerprint density at radius 1 is 1.11 bits per heavy atom. The maximum atomic E-state index is 12.8. The number of aryl methyl sites for hydroxylation is 4. The summed E-state index contributed by atoms with van der Waals surface area (Å²) in [6, 6.07) is 8.44. The molecule has 28 heavy (non-hydrogen) atoms. The fraction of sp³-hybridized carbons (Fsp3) is 0.200. The number of halogens is 1. The van der Waals surface area contributed by atoms with E-state index < -0.39 is 4.92 Å². The summed E-state index contributed by atoms with van der Waals surface area (Å²) < 4.78 is 1.37. The summed E-state index contributed by atoms with van der Waals surface area (Å²) in [5.41, 5.74) is 3.91. The van der Waals surface area contributed by atoms with Gasteiger partial charge in [0.1, 0.15) is 5.69 Å². The maximum absolute atomic E-state index is 12.8. The highest BCUT2D eigenvalue weighted by Gasteiger charge is 2.16. The van der Waals surface area contributed by atoms with E-state index in [1.54, 1.807) is 32.0 Å². The lowest BCUT2D eigenvalue weighted by Crippen LogP contribution is -2.17. The zero-order valence-corrected chi connectivity index (χ0v) is 16.7. The molecule has 0 fully saturated rings. The SMILES string of the molecule is Cc1cc(N=Cc2c(C)[nH]n(-c3ccc(C)c(Cl)c3)c2=O)c([N+](=O)[O-])cc1C. The van der Waals surface area contributed by atoms with Crippen molar-refractivity contribution in [2.75, 3.05) is 0 Å². The van der Waals surface area contributed by atoms with Gasteiger partial charge in [0.05, 0.1) is 16.2 Å². The summed E-state index contributed by atoms with van der Waals surface area (Å²) in [7, 11) is 0. The van der Waals surface area contributed by atoms with Crippen molar-refractivity contribution >= 4 is 29.2 Å². The fourth-order valence-corrected chi connectivity index (χ4v) is 2.96. The average Bonchev–Trinajstić information content (AvgIpc) is 2.92. The summed E-state index contributed by atoms with van der Waals surface area (Å²) in [5, 5.41) is 14.9. The number of nitro groups is 1. The third-order valence-corrected chi connectivity index (χ3v) is 5.06. The van der Waals surface area contributed by atoms with Crippen LogP contribution in [-0.4, -0.2) is 20.9 Å². The van der Waals surface area contributed by atoms with Crippen LogP contribution in [0.15, 0.2) is 40.1 Å². The molecule has 0 saturated heterocycles. The summed E-state index contributed by atoms with van der Waals surface area (Å²) in [5.74, 6) is 0. The van der Waals surface area contributed by atoms with Crippen LogP contribution in [-0.2, 0) is 0 Å². The second-order valence-electron chi connectivity index (χ2n) is 6.67. The molecule has 0 saturated carbocycles. The van der Waals surface area contributed by atoms with Crippen molar-refractivity contribution in [2.24, 2.45) is 4.99 Å². The number of aliphatic imine (C=N–C) groups is 1. The molecule has 144 valence electrons. The Kier molecular flexibility index (Phi) is 5.20. The van der Waals surface area contributed by atoms with Gasteiger partial charge in [0, 0.05) is 23.0 Å². The molecular weight excluding hydrogens is 380 g/mol. The van der Waals surface area contributed by atoms with E-state index in [4.69, 9.17) is 11.6 Å². The number of hydrogen-bond donors (Lipinski definition) is 1. The van der Waals surface area contributed by atoms with E-state index in [2.05, 4.69) is 10.1 Å². The number of aromatic nitrogens is 2. The standard InChI is InChI=1S/C20H19ClN4O3/c1-11-5-6-15(9-17(11)21)24-20(26)16(14(4)23-24)10-22-18-7-12(2)13(3)8-19(18)25(27)28/h5-10,23H,1-4H3. The van der Waals surface area contributed by atoms with Crippen molar-refractivity contribution in [3.63, 3.8) is 0 Å². The van der Waals surface area contributed by atoms with Crippen LogP contribution in [0.5, 0.6) is 0 Å². The van der Waals surface area contributed by atoms with Crippen LogP contribution in [0.1, 0.15) is 27.9 Å². The quantitative estimate of drug-likeness (QED) is 0.391. The molecule has 0 aliphatic rings. The second-order valence-corrected chi connectivity index (χ2v) is 7.07. The van der Waals surface area contributed by atoms with E-state index >= 15 is 0 Å². The molecule has 3 aromatic rings. The van der Waals surface area contributed by atoms with Gasteiger partial charge < -0.3 is 0 Å². The van der Waals surface area contributed by atoms with Gasteiger partial charge in [-0.3, -0.25) is 20.0 Å². The third-order valence-electron chi connectivity index (χ3n) is 4.65. The highest BCUT2D eigenvalue weighted by molar-refractivity contribution is 6.31. The van der Waals surface area contributed by atoms with E-state index in [0.29, 0.717) is 22.0 Å². The van der Waals surface area contributed by atoms with Crippen LogP contribution in [0.3, 0.4) is 0 Å². The van der Waals surface area contributed by atoms with Gasteiger partial charge in [0.25, 0.3) is 11.2 Å². The molecule has 1 heterocycles. The number of nitrogens with one attached hydrogen (secondary N) is 1. The monoisotopic (exact) mass is 398 g/mol. The zero-order chi connectivity index (χ0) is 20.6. The summed E-state index contributed by atoms with van der Waals surface area (Å²) in [6.07, 6.45) is 1.36. The van der Waals surface area contributed by atoms with E-state index in [0.717, 1.165) is 16.7 Å². The largest absolute Gasteiger partial charge is 0.295 e. The van der Waals surface area contributed by atoms with Gasteiger partial charge in [0.15, 0.2) is 0 Å². The Bertz CT molecular complexity index is 1170. The first-order chi connectivity index (χ1) is 13.2. The Morgan fingerprint density at radius 2 is 1.79 bits per heavy atom. The lowest BCUT2D eigenvalue weighted by atomic mass is 10.1. The lowest BCUT2D eigenvalue weighted by molar-refractivity contribution is -0.384. The number of rotatable bonds is 4. The van der Waals surface area contributed by atoms with Crippen molar-refractivity contribution in [1.29, 1.82) is 0 Å². The van der Waals surface area contributed by atoms with Gasteiger partial charge >= 0.3 is 0 Å². The molecule has 1 aromatic heterocycles. The predicted molar refractivity (Wildman–Crippen MR) is 111 cm³/mol. The molecule has 0 radical (unpaired) electrons. The van der Waals surface area contributed by atoms with E-state index in [9.17, 15) is 14.9 Å². The number of nitrogens with zero attached hydrogens (tertiary/aromatic N) is 3. The average molecular weight is 399 g/mol. The van der Waals surface area contributed by atoms with Crippen molar-refractivity contribution in [3.05, 3.63) is 83.8 Å². The number of nitro benzene ring substituents is 1. The first-order valence-electron chi connectivity index (χ1n) is 8.57. The molecule has 0 spiro atoms.